The maximum atomic E-state index is 9.75. The molecule has 0 aliphatic heterocycles. The Morgan fingerprint density at radius 2 is 1.59 bits per heavy atom. The van der Waals surface area contributed by atoms with E-state index in [1.54, 1.807) is 14.2 Å². The zero-order valence-electron chi connectivity index (χ0n) is 9.72. The second-order valence-electron chi connectivity index (χ2n) is 3.13. The van der Waals surface area contributed by atoms with E-state index in [4.69, 9.17) is 9.47 Å². The second-order valence-corrected chi connectivity index (χ2v) is 3.13. The first kappa shape index (κ1) is 15.9. The lowest BCUT2D eigenvalue weighted by molar-refractivity contribution is -0.202. The molecular formula is C10H13BF4O2-. The first-order valence-electron chi connectivity index (χ1n) is 4.67. The highest BCUT2D eigenvalue weighted by molar-refractivity contribution is 6.50. The van der Waals surface area contributed by atoms with Crippen molar-refractivity contribution in [1.82, 2.24) is 0 Å². The van der Waals surface area contributed by atoms with Gasteiger partial charge in [-0.25, -0.2) is 0 Å². The Kier molecular flexibility index (Phi) is 6.19. The van der Waals surface area contributed by atoms with E-state index in [0.717, 1.165) is 5.56 Å². The largest absolute Gasteiger partial charge is 0.673 e. The fourth-order valence-corrected chi connectivity index (χ4v) is 0.979. The minimum absolute atomic E-state index is 0.679. The third-order valence-corrected chi connectivity index (χ3v) is 1.98. The zero-order valence-corrected chi connectivity index (χ0v) is 9.72. The van der Waals surface area contributed by atoms with Crippen LogP contribution in [-0.2, 0) is 15.3 Å². The van der Waals surface area contributed by atoms with Gasteiger partial charge in [-0.05, 0) is 13.0 Å². The van der Waals surface area contributed by atoms with Gasteiger partial charge in [-0.15, -0.1) is 0 Å². The maximum absolute atomic E-state index is 9.75. The highest BCUT2D eigenvalue weighted by atomic mass is 19.5. The molecule has 0 bridgehead atoms. The number of hydrogen-bond acceptors (Lipinski definition) is 2. The number of rotatable bonds is 3. The Bertz CT molecular complexity index is 306. The Labute approximate surface area is 97.6 Å². The molecule has 0 unspecified atom stereocenters. The lowest BCUT2D eigenvalue weighted by Gasteiger charge is -2.26. The molecule has 1 radical (unpaired) electrons. The monoisotopic (exact) mass is 252 g/mol. The molecule has 2 nitrogen and oxygen atoms in total. The van der Waals surface area contributed by atoms with Crippen LogP contribution in [0.5, 0.6) is 0 Å². The molecule has 0 N–H and O–H groups in total. The molecule has 0 aliphatic carbocycles. The molecule has 0 spiro atoms. The van der Waals surface area contributed by atoms with Crippen LogP contribution < -0.4 is 0 Å². The summed E-state index contributed by atoms with van der Waals surface area (Å²) in [7, 11) is -2.77. The van der Waals surface area contributed by atoms with Gasteiger partial charge in [0.15, 0.2) is 5.79 Å². The molecular weight excluding hydrogens is 239 g/mol. The summed E-state index contributed by atoms with van der Waals surface area (Å²) in [6.45, 7) is 1.86. The topological polar surface area (TPSA) is 18.5 Å². The minimum Gasteiger partial charge on any atom is -0.418 e. The van der Waals surface area contributed by atoms with Crippen molar-refractivity contribution in [3.8, 4) is 0 Å². The van der Waals surface area contributed by atoms with Gasteiger partial charge in [0.25, 0.3) is 0 Å². The molecule has 1 rings (SSSR count). The maximum Gasteiger partial charge on any atom is 0.673 e. The van der Waals surface area contributed by atoms with Crippen LogP contribution in [0.15, 0.2) is 24.3 Å². The summed E-state index contributed by atoms with van der Waals surface area (Å²) >= 11 is 0. The van der Waals surface area contributed by atoms with E-state index in [2.05, 4.69) is 6.07 Å². The van der Waals surface area contributed by atoms with Gasteiger partial charge in [-0.1, -0.05) is 24.3 Å². The Balaban J connectivity index is 0.000000437. The van der Waals surface area contributed by atoms with Crippen LogP contribution in [0.3, 0.4) is 0 Å². The zero-order chi connectivity index (χ0) is 13.5. The lowest BCUT2D eigenvalue weighted by atomic mass is 10.1. The van der Waals surface area contributed by atoms with Gasteiger partial charge in [0, 0.05) is 19.8 Å². The summed E-state index contributed by atoms with van der Waals surface area (Å²) in [6, 6.07) is 10.7. The Morgan fingerprint density at radius 1 is 1.12 bits per heavy atom. The summed E-state index contributed by atoms with van der Waals surface area (Å²) in [4.78, 5) is 0. The molecule has 1 aromatic rings. The summed E-state index contributed by atoms with van der Waals surface area (Å²) in [5, 5.41) is 0. The quantitative estimate of drug-likeness (QED) is 0.467. The molecule has 0 aromatic heterocycles. The Hall–Kier alpha value is -1.08. The number of methoxy groups -OCH3 is 2. The summed E-state index contributed by atoms with van der Waals surface area (Å²) in [5.74, 6) is -0.679. The molecule has 7 heteroatoms. The number of ether oxygens (including phenoxy) is 2. The lowest BCUT2D eigenvalue weighted by Crippen LogP contribution is -2.26. The predicted octanol–water partition coefficient (Wildman–Crippen LogP) is 3.25. The van der Waals surface area contributed by atoms with Gasteiger partial charge in [-0.3, -0.25) is 0 Å². The Morgan fingerprint density at radius 3 is 1.88 bits per heavy atom. The predicted molar refractivity (Wildman–Crippen MR) is 56.8 cm³/mol. The first-order chi connectivity index (χ1) is 7.73. The standard InChI is InChI=1S/C10H13O2.BF4/c1-10(11-2,12-3)9-7-5-4-6-8-9;2-1(3,4)5/h4-7H,1-3H3;/q;-1. The highest BCUT2D eigenvalue weighted by Gasteiger charge is 2.24. The van der Waals surface area contributed by atoms with Crippen molar-refractivity contribution in [2.45, 2.75) is 12.7 Å². The van der Waals surface area contributed by atoms with Crippen molar-refractivity contribution in [2.75, 3.05) is 14.2 Å². The number of benzene rings is 1. The third-order valence-electron chi connectivity index (χ3n) is 1.98. The van der Waals surface area contributed by atoms with E-state index in [9.17, 15) is 17.3 Å². The van der Waals surface area contributed by atoms with Gasteiger partial charge >= 0.3 is 7.25 Å². The van der Waals surface area contributed by atoms with Gasteiger partial charge in [0.1, 0.15) is 0 Å². The van der Waals surface area contributed by atoms with Crippen LogP contribution in [0.4, 0.5) is 17.3 Å². The van der Waals surface area contributed by atoms with Crippen molar-refractivity contribution in [2.24, 2.45) is 0 Å². The van der Waals surface area contributed by atoms with Crippen LogP contribution in [0.2, 0.25) is 0 Å². The molecule has 97 valence electrons. The number of halogens is 4. The van der Waals surface area contributed by atoms with E-state index in [1.807, 2.05) is 31.2 Å². The number of hydrogen-bond donors (Lipinski definition) is 0. The molecule has 0 saturated carbocycles. The van der Waals surface area contributed by atoms with Crippen molar-refractivity contribution < 1.29 is 26.7 Å². The molecule has 0 saturated heterocycles. The van der Waals surface area contributed by atoms with E-state index >= 15 is 0 Å². The van der Waals surface area contributed by atoms with Crippen LogP contribution >= 0.6 is 0 Å². The van der Waals surface area contributed by atoms with Gasteiger partial charge in [0.2, 0.25) is 0 Å². The fourth-order valence-electron chi connectivity index (χ4n) is 0.979. The van der Waals surface area contributed by atoms with Gasteiger partial charge in [-0.2, -0.15) is 0 Å². The molecule has 0 amide bonds. The minimum atomic E-state index is -6.00. The summed E-state index contributed by atoms with van der Waals surface area (Å²) in [6.07, 6.45) is 0. The average molecular weight is 252 g/mol. The third kappa shape index (κ3) is 6.96. The smallest absolute Gasteiger partial charge is 0.418 e. The van der Waals surface area contributed by atoms with Crippen molar-refractivity contribution in [3.63, 3.8) is 0 Å². The van der Waals surface area contributed by atoms with Crippen molar-refractivity contribution in [1.29, 1.82) is 0 Å². The molecule has 0 fully saturated rings. The average Bonchev–Trinajstić information content (AvgIpc) is 2.27. The van der Waals surface area contributed by atoms with Crippen molar-refractivity contribution >= 4 is 7.25 Å². The normalized spacial score (nSPS) is 11.7. The van der Waals surface area contributed by atoms with Crippen molar-refractivity contribution in [3.05, 3.63) is 35.9 Å². The van der Waals surface area contributed by atoms with Gasteiger partial charge < -0.3 is 26.7 Å². The first-order valence-corrected chi connectivity index (χ1v) is 4.67. The highest BCUT2D eigenvalue weighted by Crippen LogP contribution is 2.23. The van der Waals surface area contributed by atoms with Crippen LogP contribution in [-0.4, -0.2) is 21.5 Å². The molecule has 1 aromatic carbocycles. The molecule has 0 aliphatic rings. The SMILES string of the molecule is COC(C)(OC)c1[c]cccc1.F[B-](F)(F)F. The van der Waals surface area contributed by atoms with E-state index in [-0.39, 0.29) is 0 Å². The van der Waals surface area contributed by atoms with E-state index in [1.165, 1.54) is 0 Å². The van der Waals surface area contributed by atoms with Crippen LogP contribution in [0.1, 0.15) is 12.5 Å². The second kappa shape index (κ2) is 6.61. The van der Waals surface area contributed by atoms with Crippen LogP contribution in [0.25, 0.3) is 0 Å². The molecule has 0 heterocycles. The fraction of sp³-hybridized carbons (Fsp3) is 0.400. The molecule has 17 heavy (non-hydrogen) atoms. The van der Waals surface area contributed by atoms with E-state index < -0.39 is 13.0 Å². The summed E-state index contributed by atoms with van der Waals surface area (Å²) in [5.41, 5.74) is 0.898. The van der Waals surface area contributed by atoms with E-state index in [0.29, 0.717) is 0 Å². The summed E-state index contributed by atoms with van der Waals surface area (Å²) < 4.78 is 49.4. The van der Waals surface area contributed by atoms with Crippen LogP contribution in [0, 0.1) is 6.07 Å². The molecule has 0 atom stereocenters. The van der Waals surface area contributed by atoms with Gasteiger partial charge in [0.05, 0.1) is 0 Å².